The van der Waals surface area contributed by atoms with Gasteiger partial charge >= 0.3 is 0 Å². The van der Waals surface area contributed by atoms with Crippen LogP contribution in [0.3, 0.4) is 0 Å². The molecular weight excluding hydrogens is 100 g/mol. The van der Waals surface area contributed by atoms with Crippen molar-refractivity contribution in [2.75, 3.05) is 0 Å². The lowest BCUT2D eigenvalue weighted by Crippen LogP contribution is -1.91. The summed E-state index contributed by atoms with van der Waals surface area (Å²) in [5, 5.41) is 0. The van der Waals surface area contributed by atoms with Crippen LogP contribution in [0.1, 0.15) is 19.8 Å². The van der Waals surface area contributed by atoms with Crippen LogP contribution < -0.4 is 0 Å². The van der Waals surface area contributed by atoms with Crippen molar-refractivity contribution in [3.63, 3.8) is 0 Å². The Kier molecular flexibility index (Phi) is 3.97. The van der Waals surface area contributed by atoms with Gasteiger partial charge in [0, 0.05) is 12.8 Å². The molecule has 8 heavy (non-hydrogen) atoms. The Morgan fingerprint density at radius 2 is 2.50 bits per heavy atom. The van der Waals surface area contributed by atoms with Crippen LogP contribution in [0, 0.1) is 18.3 Å². The summed E-state index contributed by atoms with van der Waals surface area (Å²) < 4.78 is 0. The highest BCUT2D eigenvalue weighted by molar-refractivity contribution is 5.49. The maximum absolute atomic E-state index is 9.82. The molecule has 0 unspecified atom stereocenters. The summed E-state index contributed by atoms with van der Waals surface area (Å²) in [7, 11) is 0. The van der Waals surface area contributed by atoms with E-state index in [0.29, 0.717) is 18.8 Å². The molecule has 44 valence electrons. The number of carbonyl (C=O) groups excluding carboxylic acids is 1. The van der Waals surface area contributed by atoms with Crippen molar-refractivity contribution in [1.82, 2.24) is 0 Å². The van der Waals surface area contributed by atoms with Gasteiger partial charge < -0.3 is 4.79 Å². The van der Waals surface area contributed by atoms with E-state index in [4.69, 9.17) is 6.42 Å². The number of aldehydes is 1. The van der Waals surface area contributed by atoms with E-state index in [1.165, 1.54) is 0 Å². The molecule has 1 atom stereocenters. The van der Waals surface area contributed by atoms with Crippen LogP contribution >= 0.6 is 0 Å². The molecule has 0 aromatic carbocycles. The molecule has 0 spiro atoms. The lowest BCUT2D eigenvalue weighted by atomic mass is 10.1. The van der Waals surface area contributed by atoms with Crippen molar-refractivity contribution in [1.29, 1.82) is 0 Å². The number of rotatable bonds is 3. The smallest absolute Gasteiger partial charge is 0.120 e. The van der Waals surface area contributed by atoms with Crippen LogP contribution in [0.5, 0.6) is 0 Å². The van der Waals surface area contributed by atoms with E-state index in [2.05, 4.69) is 5.92 Å². The summed E-state index contributed by atoms with van der Waals surface area (Å²) in [6, 6.07) is 0. The second kappa shape index (κ2) is 4.39. The third-order valence-electron chi connectivity index (χ3n) is 0.965. The highest BCUT2D eigenvalue weighted by atomic mass is 16.1. The Balaban J connectivity index is 3.20. The first-order valence-electron chi connectivity index (χ1n) is 2.68. The van der Waals surface area contributed by atoms with Gasteiger partial charge in [-0.05, 0) is 5.92 Å². The molecular formula is C7H10O. The fourth-order valence-electron chi connectivity index (χ4n) is 0.449. The Labute approximate surface area is 50.1 Å². The quantitative estimate of drug-likeness (QED) is 0.394. The van der Waals surface area contributed by atoms with Gasteiger partial charge in [-0.15, -0.1) is 12.3 Å². The molecule has 0 aliphatic carbocycles. The molecule has 0 saturated carbocycles. The standard InChI is InChI=1S/C7H10O/c1-3-4-7(2)5-6-8/h1,6-7H,4-5H2,2H3/t7-/m1/s1. The predicted octanol–water partition coefficient (Wildman–Crippen LogP) is 1.23. The van der Waals surface area contributed by atoms with Crippen molar-refractivity contribution >= 4 is 6.29 Å². The molecule has 0 heterocycles. The lowest BCUT2D eigenvalue weighted by molar-refractivity contribution is -0.108. The summed E-state index contributed by atoms with van der Waals surface area (Å²) in [5.41, 5.74) is 0. The van der Waals surface area contributed by atoms with Gasteiger partial charge in [-0.25, -0.2) is 0 Å². The zero-order valence-electron chi connectivity index (χ0n) is 5.05. The fraction of sp³-hybridized carbons (Fsp3) is 0.571. The SMILES string of the molecule is C#CC[C@@H](C)CC=O. The summed E-state index contributed by atoms with van der Waals surface area (Å²) in [6.45, 7) is 1.97. The Morgan fingerprint density at radius 3 is 2.88 bits per heavy atom. The molecule has 0 fully saturated rings. The topological polar surface area (TPSA) is 17.1 Å². The normalized spacial score (nSPS) is 12.0. The lowest BCUT2D eigenvalue weighted by Gasteiger charge is -1.97. The molecule has 1 heteroatoms. The zero-order valence-corrected chi connectivity index (χ0v) is 5.05. The Bertz CT molecular complexity index is 99.4. The molecule has 0 rings (SSSR count). The van der Waals surface area contributed by atoms with Gasteiger partial charge in [-0.1, -0.05) is 6.92 Å². The zero-order chi connectivity index (χ0) is 6.41. The van der Waals surface area contributed by atoms with Crippen LogP contribution in [-0.2, 0) is 4.79 Å². The minimum atomic E-state index is 0.359. The van der Waals surface area contributed by atoms with Crippen molar-refractivity contribution in [3.8, 4) is 12.3 Å². The van der Waals surface area contributed by atoms with Crippen molar-refractivity contribution in [2.45, 2.75) is 19.8 Å². The minimum Gasteiger partial charge on any atom is -0.303 e. The van der Waals surface area contributed by atoms with Crippen LogP contribution in [0.2, 0.25) is 0 Å². The molecule has 0 aliphatic heterocycles. The van der Waals surface area contributed by atoms with Gasteiger partial charge in [0.1, 0.15) is 6.29 Å². The molecule has 0 amide bonds. The average molecular weight is 110 g/mol. The van der Waals surface area contributed by atoms with Crippen molar-refractivity contribution < 1.29 is 4.79 Å². The predicted molar refractivity (Wildman–Crippen MR) is 33.3 cm³/mol. The first kappa shape index (κ1) is 7.23. The second-order valence-corrected chi connectivity index (χ2v) is 1.92. The van der Waals surface area contributed by atoms with E-state index in [9.17, 15) is 4.79 Å². The van der Waals surface area contributed by atoms with E-state index in [-0.39, 0.29) is 0 Å². The maximum Gasteiger partial charge on any atom is 0.120 e. The van der Waals surface area contributed by atoms with Gasteiger partial charge in [-0.2, -0.15) is 0 Å². The Hall–Kier alpha value is -0.770. The molecule has 0 saturated heterocycles. The molecule has 0 aliphatic rings. The third-order valence-corrected chi connectivity index (χ3v) is 0.965. The Morgan fingerprint density at radius 1 is 1.88 bits per heavy atom. The van der Waals surface area contributed by atoms with Crippen LogP contribution in [0.25, 0.3) is 0 Å². The van der Waals surface area contributed by atoms with Crippen molar-refractivity contribution in [2.24, 2.45) is 5.92 Å². The van der Waals surface area contributed by atoms with Crippen LogP contribution in [0.15, 0.2) is 0 Å². The van der Waals surface area contributed by atoms with E-state index in [0.717, 1.165) is 6.29 Å². The number of carbonyl (C=O) groups is 1. The second-order valence-electron chi connectivity index (χ2n) is 1.92. The van der Waals surface area contributed by atoms with E-state index >= 15 is 0 Å². The van der Waals surface area contributed by atoms with Crippen LogP contribution in [-0.4, -0.2) is 6.29 Å². The summed E-state index contributed by atoms with van der Waals surface area (Å²) >= 11 is 0. The third kappa shape index (κ3) is 3.42. The number of terminal acetylenes is 1. The van der Waals surface area contributed by atoms with Crippen molar-refractivity contribution in [3.05, 3.63) is 0 Å². The van der Waals surface area contributed by atoms with E-state index in [1.54, 1.807) is 0 Å². The molecule has 1 nitrogen and oxygen atoms in total. The van der Waals surface area contributed by atoms with Crippen LogP contribution in [0.4, 0.5) is 0 Å². The van der Waals surface area contributed by atoms with Gasteiger partial charge in [0.05, 0.1) is 0 Å². The van der Waals surface area contributed by atoms with Gasteiger partial charge in [0.25, 0.3) is 0 Å². The molecule has 0 N–H and O–H groups in total. The first-order valence-corrected chi connectivity index (χ1v) is 2.68. The van der Waals surface area contributed by atoms with E-state index in [1.807, 2.05) is 6.92 Å². The summed E-state index contributed by atoms with van der Waals surface area (Å²) in [6.07, 6.45) is 7.19. The minimum absolute atomic E-state index is 0.359. The fourth-order valence-corrected chi connectivity index (χ4v) is 0.449. The number of hydrogen-bond acceptors (Lipinski definition) is 1. The molecule has 0 bridgehead atoms. The van der Waals surface area contributed by atoms with Gasteiger partial charge in [-0.3, -0.25) is 0 Å². The monoisotopic (exact) mass is 110 g/mol. The number of hydrogen-bond donors (Lipinski definition) is 0. The van der Waals surface area contributed by atoms with Gasteiger partial charge in [0.15, 0.2) is 0 Å². The summed E-state index contributed by atoms with van der Waals surface area (Å²) in [4.78, 5) is 9.82. The van der Waals surface area contributed by atoms with Gasteiger partial charge in [0.2, 0.25) is 0 Å². The molecule has 0 aromatic rings. The highest BCUT2D eigenvalue weighted by Gasteiger charge is 1.95. The first-order chi connectivity index (χ1) is 3.81. The summed E-state index contributed by atoms with van der Waals surface area (Å²) in [5.74, 6) is 2.85. The molecule has 0 radical (unpaired) electrons. The average Bonchev–Trinajstić information content (AvgIpc) is 1.68. The largest absolute Gasteiger partial charge is 0.303 e. The highest BCUT2D eigenvalue weighted by Crippen LogP contribution is 2.02. The maximum atomic E-state index is 9.82. The van der Waals surface area contributed by atoms with E-state index < -0.39 is 0 Å². The molecule has 0 aromatic heterocycles.